The van der Waals surface area contributed by atoms with Crippen molar-refractivity contribution in [1.29, 1.82) is 0 Å². The van der Waals surface area contributed by atoms with E-state index in [1.807, 2.05) is 49.5 Å². The van der Waals surface area contributed by atoms with E-state index in [-0.39, 0.29) is 6.10 Å². The zero-order valence-electron chi connectivity index (χ0n) is 18.3. The average molecular weight is 420 g/mol. The monoisotopic (exact) mass is 419 g/mol. The molecular weight excluding hydrogens is 386 g/mol. The van der Waals surface area contributed by atoms with Crippen molar-refractivity contribution in [2.24, 2.45) is 0 Å². The fraction of sp³-hybridized carbons (Fsp3) is 0.333. The molecule has 1 N–H and O–H groups in total. The second-order valence-corrected chi connectivity index (χ2v) is 7.82. The fourth-order valence-corrected chi connectivity index (χ4v) is 3.54. The second-order valence-electron chi connectivity index (χ2n) is 7.82. The molecule has 4 heteroatoms. The number of hydrogen-bond donors (Lipinski definition) is 1. The Morgan fingerprint density at radius 2 is 1.32 bits per heavy atom. The van der Waals surface area contributed by atoms with Crippen molar-refractivity contribution >= 4 is 0 Å². The molecule has 164 valence electrons. The van der Waals surface area contributed by atoms with E-state index < -0.39 is 6.10 Å². The third-order valence-electron chi connectivity index (χ3n) is 5.13. The molecule has 0 spiro atoms. The third kappa shape index (κ3) is 8.18. The van der Waals surface area contributed by atoms with E-state index in [1.54, 1.807) is 0 Å². The smallest absolute Gasteiger partial charge is 0.119 e. The summed E-state index contributed by atoms with van der Waals surface area (Å²) < 4.78 is 11.9. The maximum Gasteiger partial charge on any atom is 0.119 e. The number of likely N-dealkylation sites (N-methyl/N-ethyl adjacent to an activating group) is 1. The number of aliphatic hydroxyl groups excluding tert-OH is 1. The molecule has 0 saturated heterocycles. The molecule has 0 saturated carbocycles. The first-order chi connectivity index (χ1) is 15.2. The van der Waals surface area contributed by atoms with Crippen LogP contribution in [0.25, 0.3) is 0 Å². The molecule has 0 aliphatic heterocycles. The number of ether oxygens (including phenoxy) is 2. The zero-order valence-corrected chi connectivity index (χ0v) is 18.3. The van der Waals surface area contributed by atoms with E-state index >= 15 is 0 Å². The van der Waals surface area contributed by atoms with Gasteiger partial charge >= 0.3 is 0 Å². The summed E-state index contributed by atoms with van der Waals surface area (Å²) in [7, 11) is 2.03. The Morgan fingerprint density at radius 1 is 0.774 bits per heavy atom. The van der Waals surface area contributed by atoms with E-state index in [4.69, 9.17) is 9.47 Å². The molecule has 1 unspecified atom stereocenters. The van der Waals surface area contributed by atoms with Gasteiger partial charge in [0.05, 0.1) is 0 Å². The molecule has 0 amide bonds. The summed E-state index contributed by atoms with van der Waals surface area (Å²) >= 11 is 0. The summed E-state index contributed by atoms with van der Waals surface area (Å²) in [4.78, 5) is 2.14. The second kappa shape index (κ2) is 12.9. The number of unbranched alkanes of at least 4 members (excludes halogenated alkanes) is 1. The van der Waals surface area contributed by atoms with Gasteiger partial charge in [0.15, 0.2) is 0 Å². The molecule has 0 aliphatic carbocycles. The van der Waals surface area contributed by atoms with Gasteiger partial charge in [-0.15, -0.1) is 0 Å². The van der Waals surface area contributed by atoms with Gasteiger partial charge in [-0.1, -0.05) is 78.9 Å². The minimum Gasteiger partial charge on any atom is -0.491 e. The van der Waals surface area contributed by atoms with Gasteiger partial charge in [-0.2, -0.15) is 0 Å². The molecule has 31 heavy (non-hydrogen) atoms. The van der Waals surface area contributed by atoms with E-state index in [2.05, 4.69) is 53.4 Å². The highest BCUT2D eigenvalue weighted by Crippen LogP contribution is 2.26. The maximum absolute atomic E-state index is 10.2. The first kappa shape index (κ1) is 23.0. The largest absolute Gasteiger partial charge is 0.491 e. The van der Waals surface area contributed by atoms with E-state index in [0.29, 0.717) is 19.8 Å². The Bertz CT molecular complexity index is 803. The van der Waals surface area contributed by atoms with Gasteiger partial charge in [0, 0.05) is 13.2 Å². The Labute approximate surface area is 186 Å². The number of rotatable bonds is 13. The zero-order chi connectivity index (χ0) is 21.7. The Morgan fingerprint density at radius 3 is 1.90 bits per heavy atom. The summed E-state index contributed by atoms with van der Waals surface area (Å²) in [5, 5.41) is 10.2. The molecule has 0 heterocycles. The van der Waals surface area contributed by atoms with Crippen LogP contribution in [-0.4, -0.2) is 49.5 Å². The van der Waals surface area contributed by atoms with Crippen molar-refractivity contribution in [1.82, 2.24) is 4.90 Å². The first-order valence-electron chi connectivity index (χ1n) is 11.0. The van der Waals surface area contributed by atoms with Crippen LogP contribution in [0, 0.1) is 0 Å². The van der Waals surface area contributed by atoms with Crippen LogP contribution in [0.4, 0.5) is 0 Å². The summed E-state index contributed by atoms with van der Waals surface area (Å²) in [6.45, 7) is 2.49. The lowest BCUT2D eigenvalue weighted by molar-refractivity contribution is 0.0667. The Balaban J connectivity index is 1.36. The van der Waals surface area contributed by atoms with Crippen molar-refractivity contribution < 1.29 is 14.6 Å². The molecule has 0 radical (unpaired) electrons. The lowest BCUT2D eigenvalue weighted by Gasteiger charge is -2.21. The minimum atomic E-state index is -0.512. The van der Waals surface area contributed by atoms with E-state index in [1.165, 1.54) is 11.1 Å². The first-order valence-corrected chi connectivity index (χ1v) is 11.0. The quantitative estimate of drug-likeness (QED) is 0.398. The van der Waals surface area contributed by atoms with Crippen LogP contribution < -0.4 is 4.74 Å². The highest BCUT2D eigenvalue weighted by Gasteiger charge is 2.14. The van der Waals surface area contributed by atoms with Crippen molar-refractivity contribution in [2.45, 2.75) is 25.0 Å². The lowest BCUT2D eigenvalue weighted by Crippen LogP contribution is -2.33. The van der Waals surface area contributed by atoms with Crippen LogP contribution in [0.1, 0.15) is 30.1 Å². The molecule has 4 nitrogen and oxygen atoms in total. The lowest BCUT2D eigenvalue weighted by atomic mass is 10.0. The maximum atomic E-state index is 10.2. The summed E-state index contributed by atoms with van der Waals surface area (Å²) in [6.07, 6.45) is 1.43. The average Bonchev–Trinajstić information content (AvgIpc) is 2.82. The van der Waals surface area contributed by atoms with Crippen LogP contribution in [0.3, 0.4) is 0 Å². The van der Waals surface area contributed by atoms with Gasteiger partial charge in [-0.3, -0.25) is 0 Å². The molecule has 1 atom stereocenters. The number of nitrogens with zero attached hydrogens (tertiary/aromatic N) is 1. The molecule has 0 aliphatic rings. The number of benzene rings is 3. The number of aliphatic hydroxyl groups is 1. The summed E-state index contributed by atoms with van der Waals surface area (Å²) in [5.41, 5.74) is 2.35. The van der Waals surface area contributed by atoms with Crippen molar-refractivity contribution in [3.05, 3.63) is 102 Å². The van der Waals surface area contributed by atoms with Gasteiger partial charge in [0.2, 0.25) is 0 Å². The molecule has 0 bridgehead atoms. The molecule has 3 aromatic rings. The minimum absolute atomic E-state index is 0.0444. The standard InChI is InChI=1S/C27H33NO3/c1-28(21-25(29)22-31-26-17-9-4-10-18-26)19-11-12-20-30-27(23-13-5-2-6-14-23)24-15-7-3-8-16-24/h2-10,13-18,25,27,29H,11-12,19-22H2,1H3. The van der Waals surface area contributed by atoms with Gasteiger partial charge in [0.25, 0.3) is 0 Å². The third-order valence-corrected chi connectivity index (χ3v) is 5.13. The molecular formula is C27H33NO3. The fourth-order valence-electron chi connectivity index (χ4n) is 3.54. The van der Waals surface area contributed by atoms with Crippen LogP contribution in [0.15, 0.2) is 91.0 Å². The Hall–Kier alpha value is -2.66. The van der Waals surface area contributed by atoms with E-state index in [9.17, 15) is 5.11 Å². The van der Waals surface area contributed by atoms with Crippen molar-refractivity contribution in [3.63, 3.8) is 0 Å². The molecule has 0 aromatic heterocycles. The highest BCUT2D eigenvalue weighted by molar-refractivity contribution is 5.29. The summed E-state index contributed by atoms with van der Waals surface area (Å²) in [5.74, 6) is 0.785. The van der Waals surface area contributed by atoms with Gasteiger partial charge in [-0.25, -0.2) is 0 Å². The normalized spacial score (nSPS) is 12.3. The number of para-hydroxylation sites is 1. The van der Waals surface area contributed by atoms with Crippen LogP contribution in [0.2, 0.25) is 0 Å². The number of hydrogen-bond acceptors (Lipinski definition) is 4. The van der Waals surface area contributed by atoms with Crippen LogP contribution in [0.5, 0.6) is 5.75 Å². The summed E-state index contributed by atoms with van der Waals surface area (Å²) in [6, 6.07) is 30.3. The van der Waals surface area contributed by atoms with Gasteiger partial charge in [0.1, 0.15) is 24.6 Å². The molecule has 0 fully saturated rings. The SMILES string of the molecule is CN(CCCCOC(c1ccccc1)c1ccccc1)CC(O)COc1ccccc1. The van der Waals surface area contributed by atoms with Crippen LogP contribution >= 0.6 is 0 Å². The molecule has 3 aromatic carbocycles. The van der Waals surface area contributed by atoms with Crippen molar-refractivity contribution in [3.8, 4) is 5.75 Å². The predicted molar refractivity (Wildman–Crippen MR) is 125 cm³/mol. The Kier molecular flexibility index (Phi) is 9.58. The van der Waals surface area contributed by atoms with E-state index in [0.717, 1.165) is 25.1 Å². The van der Waals surface area contributed by atoms with Crippen LogP contribution in [-0.2, 0) is 4.74 Å². The van der Waals surface area contributed by atoms with Gasteiger partial charge in [-0.05, 0) is 49.7 Å². The highest BCUT2D eigenvalue weighted by atomic mass is 16.5. The topological polar surface area (TPSA) is 41.9 Å². The predicted octanol–water partition coefficient (Wildman–Crippen LogP) is 4.94. The van der Waals surface area contributed by atoms with Gasteiger partial charge < -0.3 is 19.5 Å². The van der Waals surface area contributed by atoms with Crippen molar-refractivity contribution in [2.75, 3.05) is 33.4 Å². The molecule has 3 rings (SSSR count).